The highest BCUT2D eigenvalue weighted by Gasteiger charge is 2.11. The molecule has 0 aromatic carbocycles. The Hall–Kier alpha value is -1.57. The Bertz CT molecular complexity index is 402. The third-order valence-corrected chi connectivity index (χ3v) is 3.64. The molecule has 2 nitrogen and oxygen atoms in total. The standard InChI is InChI=1S/C20H30O2/c1-2-19-17-15-13-11-9-7-5-3-4-6-8-10-12-14-16-18-20(21)22-19/h4-7,10-13,19H,2-3,8-9,14-18H2,1H3/b6-4-,7-5-,12-10+,13-11-. The monoisotopic (exact) mass is 302 g/mol. The Morgan fingerprint density at radius 3 is 2.05 bits per heavy atom. The predicted molar refractivity (Wildman–Crippen MR) is 93.7 cm³/mol. The van der Waals surface area contributed by atoms with Crippen LogP contribution in [0.5, 0.6) is 0 Å². The Labute approximate surface area is 135 Å². The van der Waals surface area contributed by atoms with Crippen LogP contribution in [0, 0.1) is 0 Å². The number of carbonyl (C=O) groups excluding carboxylic acids is 1. The number of hydrogen-bond acceptors (Lipinski definition) is 2. The van der Waals surface area contributed by atoms with Gasteiger partial charge in [0.25, 0.3) is 0 Å². The van der Waals surface area contributed by atoms with Gasteiger partial charge in [-0.1, -0.05) is 55.5 Å². The minimum Gasteiger partial charge on any atom is -0.462 e. The number of carbonyl (C=O) groups is 1. The van der Waals surface area contributed by atoms with Gasteiger partial charge in [0.1, 0.15) is 6.10 Å². The second kappa shape index (κ2) is 13.1. The van der Waals surface area contributed by atoms with Gasteiger partial charge in [-0.3, -0.25) is 4.79 Å². The van der Waals surface area contributed by atoms with Crippen LogP contribution in [-0.4, -0.2) is 12.1 Å². The van der Waals surface area contributed by atoms with Gasteiger partial charge in [0, 0.05) is 6.42 Å². The van der Waals surface area contributed by atoms with Crippen LogP contribution in [0.4, 0.5) is 0 Å². The van der Waals surface area contributed by atoms with Gasteiger partial charge in [-0.15, -0.1) is 0 Å². The van der Waals surface area contributed by atoms with Crippen molar-refractivity contribution in [1.29, 1.82) is 0 Å². The fourth-order valence-electron chi connectivity index (χ4n) is 2.29. The van der Waals surface area contributed by atoms with Crippen molar-refractivity contribution in [2.75, 3.05) is 0 Å². The lowest BCUT2D eigenvalue weighted by molar-refractivity contribution is -0.149. The van der Waals surface area contributed by atoms with Gasteiger partial charge in [0.2, 0.25) is 0 Å². The maximum atomic E-state index is 11.8. The lowest BCUT2D eigenvalue weighted by atomic mass is 10.1. The lowest BCUT2D eigenvalue weighted by Crippen LogP contribution is -2.17. The molecular formula is C20H30O2. The van der Waals surface area contributed by atoms with Gasteiger partial charge >= 0.3 is 5.97 Å². The Balaban J connectivity index is 2.48. The summed E-state index contributed by atoms with van der Waals surface area (Å²) in [6.07, 6.45) is 25.6. The van der Waals surface area contributed by atoms with E-state index in [4.69, 9.17) is 4.74 Å². The molecule has 1 rings (SSSR count). The molecule has 0 amide bonds. The van der Waals surface area contributed by atoms with Crippen molar-refractivity contribution in [3.05, 3.63) is 48.6 Å². The van der Waals surface area contributed by atoms with E-state index in [2.05, 4.69) is 55.5 Å². The van der Waals surface area contributed by atoms with Crippen molar-refractivity contribution in [1.82, 2.24) is 0 Å². The summed E-state index contributed by atoms with van der Waals surface area (Å²) in [5.41, 5.74) is 0. The van der Waals surface area contributed by atoms with Gasteiger partial charge in [0.05, 0.1) is 0 Å². The Kier molecular flexibility index (Phi) is 11.0. The maximum absolute atomic E-state index is 11.8. The molecule has 122 valence electrons. The highest BCUT2D eigenvalue weighted by molar-refractivity contribution is 5.69. The molecule has 0 radical (unpaired) electrons. The molecule has 0 bridgehead atoms. The smallest absolute Gasteiger partial charge is 0.306 e. The maximum Gasteiger partial charge on any atom is 0.306 e. The zero-order chi connectivity index (χ0) is 15.9. The molecule has 2 heteroatoms. The molecule has 22 heavy (non-hydrogen) atoms. The van der Waals surface area contributed by atoms with E-state index in [9.17, 15) is 4.79 Å². The zero-order valence-corrected chi connectivity index (χ0v) is 13.9. The SMILES string of the molecule is CCC1CC/C=C\C/C=C\C/C=C\C/C=C/CCCC(=O)O1. The molecule has 1 heterocycles. The molecule has 0 aliphatic carbocycles. The topological polar surface area (TPSA) is 26.3 Å². The van der Waals surface area contributed by atoms with Crippen molar-refractivity contribution in [2.45, 2.75) is 70.8 Å². The number of hydrogen-bond donors (Lipinski definition) is 0. The van der Waals surface area contributed by atoms with Gasteiger partial charge in [0.15, 0.2) is 0 Å². The van der Waals surface area contributed by atoms with Crippen molar-refractivity contribution in [3.63, 3.8) is 0 Å². The third kappa shape index (κ3) is 10.2. The molecule has 0 saturated carbocycles. The van der Waals surface area contributed by atoms with Crippen LogP contribution in [-0.2, 0) is 9.53 Å². The summed E-state index contributed by atoms with van der Waals surface area (Å²) in [6.45, 7) is 2.08. The third-order valence-electron chi connectivity index (χ3n) is 3.64. The summed E-state index contributed by atoms with van der Waals surface area (Å²) in [4.78, 5) is 11.8. The molecule has 0 fully saturated rings. The van der Waals surface area contributed by atoms with Crippen LogP contribution in [0.25, 0.3) is 0 Å². The Morgan fingerprint density at radius 1 is 0.909 bits per heavy atom. The van der Waals surface area contributed by atoms with Gasteiger partial charge in [-0.25, -0.2) is 0 Å². The fourth-order valence-corrected chi connectivity index (χ4v) is 2.29. The molecule has 0 saturated heterocycles. The minimum absolute atomic E-state index is 0.0509. The first kappa shape index (κ1) is 18.5. The molecule has 1 aliphatic rings. The van der Waals surface area contributed by atoms with Crippen molar-refractivity contribution >= 4 is 5.97 Å². The van der Waals surface area contributed by atoms with E-state index in [0.717, 1.165) is 51.4 Å². The molecule has 1 atom stereocenters. The summed E-state index contributed by atoms with van der Waals surface area (Å²) in [5, 5.41) is 0. The number of ether oxygens (including phenoxy) is 1. The summed E-state index contributed by atoms with van der Waals surface area (Å²) in [7, 11) is 0. The fraction of sp³-hybridized carbons (Fsp3) is 0.550. The molecule has 1 unspecified atom stereocenters. The van der Waals surface area contributed by atoms with Crippen LogP contribution < -0.4 is 0 Å². The second-order valence-corrected chi connectivity index (χ2v) is 5.58. The summed E-state index contributed by atoms with van der Waals surface area (Å²) in [5.74, 6) is -0.0509. The zero-order valence-electron chi connectivity index (χ0n) is 13.9. The van der Waals surface area contributed by atoms with E-state index in [1.807, 2.05) is 0 Å². The quantitative estimate of drug-likeness (QED) is 0.461. The van der Waals surface area contributed by atoms with Crippen molar-refractivity contribution < 1.29 is 9.53 Å². The molecule has 0 spiro atoms. The van der Waals surface area contributed by atoms with E-state index in [1.165, 1.54) is 0 Å². The summed E-state index contributed by atoms with van der Waals surface area (Å²) >= 11 is 0. The predicted octanol–water partition coefficient (Wildman–Crippen LogP) is 5.67. The van der Waals surface area contributed by atoms with E-state index in [-0.39, 0.29) is 12.1 Å². The van der Waals surface area contributed by atoms with E-state index < -0.39 is 0 Å². The van der Waals surface area contributed by atoms with E-state index in [0.29, 0.717) is 6.42 Å². The molecule has 1 aliphatic heterocycles. The average molecular weight is 302 g/mol. The van der Waals surface area contributed by atoms with Crippen LogP contribution in [0.15, 0.2) is 48.6 Å². The number of cyclic esters (lactones) is 1. The normalized spacial score (nSPS) is 28.4. The first-order valence-electron chi connectivity index (χ1n) is 8.62. The minimum atomic E-state index is -0.0509. The van der Waals surface area contributed by atoms with E-state index >= 15 is 0 Å². The second-order valence-electron chi connectivity index (χ2n) is 5.58. The Morgan fingerprint density at radius 2 is 1.45 bits per heavy atom. The largest absolute Gasteiger partial charge is 0.462 e. The summed E-state index contributed by atoms with van der Waals surface area (Å²) < 4.78 is 5.54. The van der Waals surface area contributed by atoms with Gasteiger partial charge in [-0.2, -0.15) is 0 Å². The van der Waals surface area contributed by atoms with Crippen LogP contribution in [0.3, 0.4) is 0 Å². The molecular weight excluding hydrogens is 272 g/mol. The van der Waals surface area contributed by atoms with Crippen molar-refractivity contribution in [2.24, 2.45) is 0 Å². The highest BCUT2D eigenvalue weighted by atomic mass is 16.5. The number of esters is 1. The van der Waals surface area contributed by atoms with Crippen molar-refractivity contribution in [3.8, 4) is 0 Å². The highest BCUT2D eigenvalue weighted by Crippen LogP contribution is 2.10. The van der Waals surface area contributed by atoms with Crippen LogP contribution in [0.2, 0.25) is 0 Å². The lowest BCUT2D eigenvalue weighted by Gasteiger charge is -2.15. The number of rotatable bonds is 1. The van der Waals surface area contributed by atoms with Gasteiger partial charge < -0.3 is 4.74 Å². The first-order chi connectivity index (χ1) is 10.8. The molecule has 0 N–H and O–H groups in total. The average Bonchev–Trinajstić information content (AvgIpc) is 2.52. The van der Waals surface area contributed by atoms with Crippen LogP contribution in [0.1, 0.15) is 64.7 Å². The van der Waals surface area contributed by atoms with Crippen LogP contribution >= 0.6 is 0 Å². The summed E-state index contributed by atoms with van der Waals surface area (Å²) in [6, 6.07) is 0. The van der Waals surface area contributed by atoms with E-state index in [1.54, 1.807) is 0 Å². The molecule has 0 aromatic rings. The first-order valence-corrected chi connectivity index (χ1v) is 8.62. The number of allylic oxidation sites excluding steroid dienone is 8. The molecule has 0 aromatic heterocycles. The van der Waals surface area contributed by atoms with Gasteiger partial charge in [-0.05, 0) is 51.4 Å².